The van der Waals surface area contributed by atoms with Crippen LogP contribution in [0.15, 0.2) is 24.3 Å². The molecule has 9 heteroatoms. The van der Waals surface area contributed by atoms with E-state index in [9.17, 15) is 14.4 Å². The second kappa shape index (κ2) is 10.0. The van der Waals surface area contributed by atoms with Gasteiger partial charge in [-0.3, -0.25) is 19.7 Å². The van der Waals surface area contributed by atoms with E-state index in [1.54, 1.807) is 31.2 Å². The second-order valence-corrected chi connectivity index (χ2v) is 9.60. The molecule has 1 atom stereocenters. The van der Waals surface area contributed by atoms with E-state index in [1.807, 2.05) is 4.90 Å². The van der Waals surface area contributed by atoms with Crippen molar-refractivity contribution in [3.8, 4) is 0 Å². The molecular formula is C23H26ClN3O4S. The zero-order chi connectivity index (χ0) is 22.7. The lowest BCUT2D eigenvalue weighted by molar-refractivity contribution is -0.151. The number of aryl methyl sites for hydroxylation is 1. The number of nitrogens with one attached hydrogen (secondary N) is 1. The van der Waals surface area contributed by atoms with E-state index in [2.05, 4.69) is 10.3 Å². The van der Waals surface area contributed by atoms with Crippen LogP contribution in [0.3, 0.4) is 0 Å². The molecule has 1 aromatic heterocycles. The number of ether oxygens (including phenoxy) is 1. The number of fused-ring (bicyclic) bond motifs is 1. The predicted molar refractivity (Wildman–Crippen MR) is 123 cm³/mol. The van der Waals surface area contributed by atoms with Crippen molar-refractivity contribution in [1.82, 2.24) is 9.88 Å². The van der Waals surface area contributed by atoms with Crippen LogP contribution in [-0.2, 0) is 20.7 Å². The van der Waals surface area contributed by atoms with E-state index in [0.717, 1.165) is 29.8 Å². The van der Waals surface area contributed by atoms with Gasteiger partial charge in [-0.15, -0.1) is 11.3 Å². The first-order valence-electron chi connectivity index (χ1n) is 11.0. The van der Waals surface area contributed by atoms with Crippen LogP contribution in [0.2, 0.25) is 5.02 Å². The minimum Gasteiger partial charge on any atom is -0.466 e. The molecule has 1 fully saturated rings. The van der Waals surface area contributed by atoms with E-state index in [4.69, 9.17) is 16.3 Å². The molecule has 0 radical (unpaired) electrons. The monoisotopic (exact) mass is 475 g/mol. The van der Waals surface area contributed by atoms with Crippen LogP contribution in [-0.4, -0.2) is 47.4 Å². The first-order valence-corrected chi connectivity index (χ1v) is 12.2. The van der Waals surface area contributed by atoms with Gasteiger partial charge in [-0.1, -0.05) is 11.6 Å². The largest absolute Gasteiger partial charge is 0.466 e. The van der Waals surface area contributed by atoms with Crippen molar-refractivity contribution in [2.75, 3.05) is 25.0 Å². The molecule has 2 aliphatic rings. The average Bonchev–Trinajstić information content (AvgIpc) is 3.21. The Balaban J connectivity index is 1.42. The summed E-state index contributed by atoms with van der Waals surface area (Å²) in [5.74, 6) is -0.781. The summed E-state index contributed by atoms with van der Waals surface area (Å²) >= 11 is 7.33. The lowest BCUT2D eigenvalue weighted by atomic mass is 9.88. The molecule has 1 aliphatic heterocycles. The maximum atomic E-state index is 13.3. The zero-order valence-corrected chi connectivity index (χ0v) is 19.5. The molecule has 2 amide bonds. The molecule has 0 spiro atoms. The summed E-state index contributed by atoms with van der Waals surface area (Å²) in [6.45, 7) is 3.29. The SMILES string of the molecule is CCOC(=O)C1CCN(C(=O)C2CCCc3sc(NC(=O)c4ccc(Cl)cc4)nc32)CC1. The zero-order valence-electron chi connectivity index (χ0n) is 17.9. The van der Waals surface area contributed by atoms with Crippen molar-refractivity contribution in [3.63, 3.8) is 0 Å². The van der Waals surface area contributed by atoms with Gasteiger partial charge in [0.15, 0.2) is 5.13 Å². The molecular weight excluding hydrogens is 450 g/mol. The van der Waals surface area contributed by atoms with Gasteiger partial charge in [0.05, 0.1) is 24.1 Å². The summed E-state index contributed by atoms with van der Waals surface area (Å²) in [4.78, 5) is 45.3. The van der Waals surface area contributed by atoms with Crippen molar-refractivity contribution < 1.29 is 19.1 Å². The van der Waals surface area contributed by atoms with E-state index < -0.39 is 0 Å². The molecule has 2 heterocycles. The first-order chi connectivity index (χ1) is 15.5. The first kappa shape index (κ1) is 22.7. The van der Waals surface area contributed by atoms with Gasteiger partial charge >= 0.3 is 5.97 Å². The number of carbonyl (C=O) groups is 3. The van der Waals surface area contributed by atoms with Crippen LogP contribution in [0.1, 0.15) is 59.5 Å². The number of nitrogens with zero attached hydrogens (tertiary/aromatic N) is 2. The van der Waals surface area contributed by atoms with Crippen LogP contribution in [0.4, 0.5) is 5.13 Å². The number of benzene rings is 1. The fourth-order valence-electron chi connectivity index (χ4n) is 4.30. The smallest absolute Gasteiger partial charge is 0.309 e. The molecule has 1 N–H and O–H groups in total. The number of rotatable bonds is 5. The minimum atomic E-state index is -0.296. The van der Waals surface area contributed by atoms with Crippen molar-refractivity contribution in [1.29, 1.82) is 0 Å². The van der Waals surface area contributed by atoms with Gasteiger partial charge in [-0.05, 0) is 63.3 Å². The van der Waals surface area contributed by atoms with E-state index in [-0.39, 0.29) is 29.6 Å². The Bertz CT molecular complexity index is 999. The van der Waals surface area contributed by atoms with E-state index in [0.29, 0.717) is 48.3 Å². The van der Waals surface area contributed by atoms with E-state index in [1.165, 1.54) is 11.3 Å². The molecule has 0 saturated carbocycles. The Morgan fingerprint density at radius 1 is 1.19 bits per heavy atom. The maximum absolute atomic E-state index is 13.3. The molecule has 2 aromatic rings. The summed E-state index contributed by atoms with van der Waals surface area (Å²) < 4.78 is 5.12. The third-order valence-corrected chi connectivity index (χ3v) is 7.30. The average molecular weight is 476 g/mol. The maximum Gasteiger partial charge on any atom is 0.309 e. The summed E-state index contributed by atoms with van der Waals surface area (Å²) in [7, 11) is 0. The number of piperidine rings is 1. The molecule has 1 unspecified atom stereocenters. The Hall–Kier alpha value is -2.45. The molecule has 170 valence electrons. The third kappa shape index (κ3) is 4.96. The number of aromatic nitrogens is 1. The number of carbonyl (C=O) groups excluding carboxylic acids is 3. The highest BCUT2D eigenvalue weighted by Gasteiger charge is 2.36. The Morgan fingerprint density at radius 2 is 1.91 bits per heavy atom. The topological polar surface area (TPSA) is 88.6 Å². The van der Waals surface area contributed by atoms with Crippen LogP contribution in [0, 0.1) is 5.92 Å². The molecule has 32 heavy (non-hydrogen) atoms. The number of hydrogen-bond donors (Lipinski definition) is 1. The number of amides is 2. The van der Waals surface area contributed by atoms with Gasteiger partial charge in [0.2, 0.25) is 5.91 Å². The standard InChI is InChI=1S/C23H26ClN3O4S/c1-2-31-22(30)15-10-12-27(13-11-15)21(29)17-4-3-5-18-19(17)25-23(32-18)26-20(28)14-6-8-16(24)9-7-14/h6-9,15,17H,2-5,10-13H2,1H3,(H,25,26,28). The predicted octanol–water partition coefficient (Wildman–Crippen LogP) is 4.27. The highest BCUT2D eigenvalue weighted by Crippen LogP contribution is 2.38. The van der Waals surface area contributed by atoms with Gasteiger partial charge in [0.1, 0.15) is 0 Å². The Morgan fingerprint density at radius 3 is 2.59 bits per heavy atom. The number of thiazole rings is 1. The van der Waals surface area contributed by atoms with Crippen molar-refractivity contribution in [2.45, 2.75) is 44.9 Å². The highest BCUT2D eigenvalue weighted by molar-refractivity contribution is 7.16. The van der Waals surface area contributed by atoms with Crippen molar-refractivity contribution >= 4 is 45.9 Å². The number of halogens is 1. The Kier molecular flexibility index (Phi) is 7.10. The van der Waals surface area contributed by atoms with Crippen molar-refractivity contribution in [2.24, 2.45) is 5.92 Å². The second-order valence-electron chi connectivity index (χ2n) is 8.08. The molecule has 1 aromatic carbocycles. The fourth-order valence-corrected chi connectivity index (χ4v) is 5.48. The van der Waals surface area contributed by atoms with Gasteiger partial charge in [-0.2, -0.15) is 0 Å². The normalized spacial score (nSPS) is 18.7. The molecule has 7 nitrogen and oxygen atoms in total. The third-order valence-electron chi connectivity index (χ3n) is 6.01. The number of esters is 1. The Labute approximate surface area is 196 Å². The number of anilines is 1. The van der Waals surface area contributed by atoms with Gasteiger partial charge in [0, 0.05) is 28.6 Å². The molecule has 4 rings (SSSR count). The minimum absolute atomic E-state index is 0.0640. The summed E-state index contributed by atoms with van der Waals surface area (Å²) in [5, 5.41) is 3.93. The summed E-state index contributed by atoms with van der Waals surface area (Å²) in [6, 6.07) is 6.67. The molecule has 0 bridgehead atoms. The van der Waals surface area contributed by atoms with Crippen molar-refractivity contribution in [3.05, 3.63) is 45.4 Å². The van der Waals surface area contributed by atoms with Crippen LogP contribution >= 0.6 is 22.9 Å². The highest BCUT2D eigenvalue weighted by atomic mass is 35.5. The van der Waals surface area contributed by atoms with Crippen LogP contribution in [0.5, 0.6) is 0 Å². The lowest BCUT2D eigenvalue weighted by Crippen LogP contribution is -2.43. The summed E-state index contributed by atoms with van der Waals surface area (Å²) in [6.07, 6.45) is 3.78. The number of likely N-dealkylation sites (tertiary alicyclic amines) is 1. The fraction of sp³-hybridized carbons (Fsp3) is 0.478. The molecule has 1 aliphatic carbocycles. The quantitative estimate of drug-likeness (QED) is 0.652. The van der Waals surface area contributed by atoms with Gasteiger partial charge in [0.25, 0.3) is 5.91 Å². The van der Waals surface area contributed by atoms with Crippen LogP contribution < -0.4 is 5.32 Å². The van der Waals surface area contributed by atoms with Gasteiger partial charge < -0.3 is 9.64 Å². The van der Waals surface area contributed by atoms with Gasteiger partial charge in [-0.25, -0.2) is 4.98 Å². The van der Waals surface area contributed by atoms with Crippen LogP contribution in [0.25, 0.3) is 0 Å². The molecule has 1 saturated heterocycles. The van der Waals surface area contributed by atoms with E-state index >= 15 is 0 Å². The summed E-state index contributed by atoms with van der Waals surface area (Å²) in [5.41, 5.74) is 1.28. The number of hydrogen-bond acceptors (Lipinski definition) is 6. The lowest BCUT2D eigenvalue weighted by Gasteiger charge is -2.34.